The molecule has 2 fully saturated rings. The van der Waals surface area contributed by atoms with Crippen molar-refractivity contribution in [2.75, 3.05) is 19.6 Å². The van der Waals surface area contributed by atoms with Gasteiger partial charge in [0.1, 0.15) is 17.9 Å². The van der Waals surface area contributed by atoms with Gasteiger partial charge in [-0.2, -0.15) is 0 Å². The Labute approximate surface area is 165 Å². The third-order valence-electron chi connectivity index (χ3n) is 5.72. The number of unbranched alkanes of at least 4 members (excludes halogenated alkanes) is 1. The van der Waals surface area contributed by atoms with E-state index in [0.29, 0.717) is 31.0 Å². The smallest absolute Gasteiger partial charge is 0.325 e. The van der Waals surface area contributed by atoms with E-state index in [9.17, 15) is 18.8 Å². The number of rotatable bonds is 6. The number of hydrogen-bond acceptors (Lipinski definition) is 3. The van der Waals surface area contributed by atoms with Crippen molar-refractivity contribution in [1.82, 2.24) is 15.1 Å². The first-order chi connectivity index (χ1) is 13.4. The molecule has 1 aromatic carbocycles. The van der Waals surface area contributed by atoms with Crippen LogP contribution in [0.2, 0.25) is 0 Å². The number of amides is 4. The molecule has 1 aromatic rings. The molecular formula is C21H28FN3O3. The van der Waals surface area contributed by atoms with Crippen LogP contribution in [0.5, 0.6) is 0 Å². The fourth-order valence-corrected chi connectivity index (χ4v) is 4.11. The summed E-state index contributed by atoms with van der Waals surface area (Å²) in [5.74, 6) is -0.627. The van der Waals surface area contributed by atoms with Crippen LogP contribution in [-0.4, -0.2) is 47.3 Å². The Morgan fingerprint density at radius 2 is 2.00 bits per heavy atom. The highest BCUT2D eigenvalue weighted by molar-refractivity contribution is 6.09. The van der Waals surface area contributed by atoms with Gasteiger partial charge < -0.3 is 10.2 Å². The average molecular weight is 389 g/mol. The van der Waals surface area contributed by atoms with Crippen molar-refractivity contribution in [1.29, 1.82) is 0 Å². The molecule has 0 unspecified atom stereocenters. The fourth-order valence-electron chi connectivity index (χ4n) is 4.11. The number of piperidine rings is 1. The molecule has 7 heteroatoms. The molecule has 4 amide bonds. The molecule has 0 saturated carbocycles. The first-order valence-electron chi connectivity index (χ1n) is 10.1. The Bertz CT molecular complexity index is 752. The van der Waals surface area contributed by atoms with Crippen LogP contribution in [0, 0.1) is 11.7 Å². The number of benzene rings is 1. The molecule has 2 heterocycles. The maximum Gasteiger partial charge on any atom is 0.325 e. The molecule has 0 bridgehead atoms. The first-order valence-corrected chi connectivity index (χ1v) is 10.1. The highest BCUT2D eigenvalue weighted by atomic mass is 19.1. The van der Waals surface area contributed by atoms with Crippen LogP contribution in [0.25, 0.3) is 0 Å². The number of nitrogens with zero attached hydrogens (tertiary/aromatic N) is 2. The Morgan fingerprint density at radius 1 is 1.29 bits per heavy atom. The van der Waals surface area contributed by atoms with Crippen molar-refractivity contribution in [3.05, 3.63) is 35.6 Å². The predicted molar refractivity (Wildman–Crippen MR) is 103 cm³/mol. The van der Waals surface area contributed by atoms with Crippen molar-refractivity contribution in [2.24, 2.45) is 5.92 Å². The summed E-state index contributed by atoms with van der Waals surface area (Å²) in [7, 11) is 0. The van der Waals surface area contributed by atoms with E-state index in [1.165, 1.54) is 24.3 Å². The van der Waals surface area contributed by atoms with E-state index in [4.69, 9.17) is 0 Å². The lowest BCUT2D eigenvalue weighted by molar-refractivity contribution is -0.140. The SMILES string of the molecule is CCCC[C@]1(c2ccc(F)cc2)NC(=O)N(CC(=O)N2CCC[C@H](C)C2)C1=O. The zero-order valence-corrected chi connectivity index (χ0v) is 16.5. The van der Waals surface area contributed by atoms with Crippen molar-refractivity contribution in [2.45, 2.75) is 51.5 Å². The molecule has 0 radical (unpaired) electrons. The van der Waals surface area contributed by atoms with Crippen LogP contribution in [0.4, 0.5) is 9.18 Å². The summed E-state index contributed by atoms with van der Waals surface area (Å²) < 4.78 is 13.4. The number of hydrogen-bond donors (Lipinski definition) is 1. The second-order valence-corrected chi connectivity index (χ2v) is 7.92. The zero-order chi connectivity index (χ0) is 20.3. The van der Waals surface area contributed by atoms with Crippen LogP contribution in [0.1, 0.15) is 51.5 Å². The normalized spacial score (nSPS) is 25.2. The van der Waals surface area contributed by atoms with Gasteiger partial charge in [0.25, 0.3) is 5.91 Å². The molecule has 2 atom stereocenters. The van der Waals surface area contributed by atoms with E-state index in [0.717, 1.165) is 30.6 Å². The van der Waals surface area contributed by atoms with Crippen LogP contribution in [-0.2, 0) is 15.1 Å². The molecule has 2 aliphatic rings. The van der Waals surface area contributed by atoms with Crippen molar-refractivity contribution in [3.63, 3.8) is 0 Å². The third kappa shape index (κ3) is 3.88. The molecule has 1 N–H and O–H groups in total. The molecule has 0 aliphatic carbocycles. The molecule has 6 nitrogen and oxygen atoms in total. The summed E-state index contributed by atoms with van der Waals surface area (Å²) in [6.07, 6.45) is 3.98. The Hall–Kier alpha value is -2.44. The molecule has 2 aliphatic heterocycles. The molecule has 0 spiro atoms. The minimum Gasteiger partial charge on any atom is -0.341 e. The van der Waals surface area contributed by atoms with Gasteiger partial charge in [0.2, 0.25) is 5.91 Å². The van der Waals surface area contributed by atoms with E-state index in [2.05, 4.69) is 12.2 Å². The molecule has 2 saturated heterocycles. The summed E-state index contributed by atoms with van der Waals surface area (Å²) in [6, 6.07) is 5.06. The van der Waals surface area contributed by atoms with Gasteiger partial charge in [-0.25, -0.2) is 9.18 Å². The molecule has 0 aromatic heterocycles. The number of urea groups is 1. The van der Waals surface area contributed by atoms with Gasteiger partial charge in [-0.05, 0) is 42.9 Å². The monoisotopic (exact) mass is 389 g/mol. The second-order valence-electron chi connectivity index (χ2n) is 7.92. The summed E-state index contributed by atoms with van der Waals surface area (Å²) in [5.41, 5.74) is -0.696. The fraction of sp³-hybridized carbons (Fsp3) is 0.571. The number of imide groups is 1. The number of carbonyl (C=O) groups excluding carboxylic acids is 3. The Balaban J connectivity index is 1.82. The van der Waals surface area contributed by atoms with Gasteiger partial charge in [0.05, 0.1) is 0 Å². The van der Waals surface area contributed by atoms with Crippen molar-refractivity contribution < 1.29 is 18.8 Å². The van der Waals surface area contributed by atoms with Gasteiger partial charge >= 0.3 is 6.03 Å². The van der Waals surface area contributed by atoms with Crippen molar-refractivity contribution >= 4 is 17.8 Å². The minimum atomic E-state index is -1.24. The summed E-state index contributed by atoms with van der Waals surface area (Å²) in [5, 5.41) is 2.80. The zero-order valence-electron chi connectivity index (χ0n) is 16.5. The van der Waals surface area contributed by atoms with E-state index >= 15 is 0 Å². The summed E-state index contributed by atoms with van der Waals surface area (Å²) >= 11 is 0. The third-order valence-corrected chi connectivity index (χ3v) is 5.72. The lowest BCUT2D eigenvalue weighted by Gasteiger charge is -2.32. The van der Waals surface area contributed by atoms with Gasteiger partial charge in [-0.1, -0.05) is 38.8 Å². The van der Waals surface area contributed by atoms with Crippen molar-refractivity contribution in [3.8, 4) is 0 Å². The maximum atomic E-state index is 13.4. The molecule has 3 rings (SSSR count). The van der Waals surface area contributed by atoms with Crippen LogP contribution >= 0.6 is 0 Å². The maximum absolute atomic E-state index is 13.4. The summed E-state index contributed by atoms with van der Waals surface area (Å²) in [6.45, 7) is 5.15. The lowest BCUT2D eigenvalue weighted by atomic mass is 9.85. The first kappa shape index (κ1) is 20.3. The van der Waals surface area contributed by atoms with Gasteiger partial charge in [-0.3, -0.25) is 14.5 Å². The van der Waals surface area contributed by atoms with E-state index < -0.39 is 23.3 Å². The number of likely N-dealkylation sites (tertiary alicyclic amines) is 1. The minimum absolute atomic E-state index is 0.208. The van der Waals surface area contributed by atoms with Crippen LogP contribution in [0.3, 0.4) is 0 Å². The standard InChI is InChI=1S/C21H28FN3O3/c1-3-4-11-21(16-7-9-17(22)10-8-16)19(27)25(20(28)23-21)14-18(26)24-12-5-6-15(2)13-24/h7-10,15H,3-6,11-14H2,1-2H3,(H,23,28)/t15-,21+/m0/s1. The average Bonchev–Trinajstić information content (AvgIpc) is 2.92. The topological polar surface area (TPSA) is 69.7 Å². The molecular weight excluding hydrogens is 361 g/mol. The molecule has 152 valence electrons. The Morgan fingerprint density at radius 3 is 2.64 bits per heavy atom. The van der Waals surface area contributed by atoms with E-state index in [1.807, 2.05) is 6.92 Å². The number of carbonyl (C=O) groups is 3. The second kappa shape index (κ2) is 8.29. The molecule has 28 heavy (non-hydrogen) atoms. The highest BCUT2D eigenvalue weighted by Gasteiger charge is 2.52. The largest absolute Gasteiger partial charge is 0.341 e. The lowest BCUT2D eigenvalue weighted by Crippen LogP contribution is -2.47. The summed E-state index contributed by atoms with van der Waals surface area (Å²) in [4.78, 5) is 41.4. The predicted octanol–water partition coefficient (Wildman–Crippen LogP) is 3.02. The highest BCUT2D eigenvalue weighted by Crippen LogP contribution is 2.34. The number of nitrogens with one attached hydrogen (secondary N) is 1. The van der Waals surface area contributed by atoms with Gasteiger partial charge in [0, 0.05) is 13.1 Å². The Kier molecular flexibility index (Phi) is 6.01. The van der Waals surface area contributed by atoms with Gasteiger partial charge in [0.15, 0.2) is 0 Å². The van der Waals surface area contributed by atoms with E-state index in [-0.39, 0.29) is 12.5 Å². The van der Waals surface area contributed by atoms with E-state index in [1.54, 1.807) is 4.90 Å². The van der Waals surface area contributed by atoms with Gasteiger partial charge in [-0.15, -0.1) is 0 Å². The van der Waals surface area contributed by atoms with Crippen LogP contribution < -0.4 is 5.32 Å². The number of halogens is 1. The quantitative estimate of drug-likeness (QED) is 0.761. The van der Waals surface area contributed by atoms with Crippen LogP contribution in [0.15, 0.2) is 24.3 Å².